The summed E-state index contributed by atoms with van der Waals surface area (Å²) in [6.07, 6.45) is 0. The van der Waals surface area contributed by atoms with E-state index in [2.05, 4.69) is 6.92 Å². The van der Waals surface area contributed by atoms with Crippen molar-refractivity contribution >= 4 is 15.5 Å². The fourth-order valence-corrected chi connectivity index (χ4v) is 1.68. The molecule has 0 heterocycles. The number of nitro benzene ring substituents is 1. The number of nitrogens with zero attached hydrogens (tertiary/aromatic N) is 1. The smallest absolute Gasteiger partial charge is 0.258 e. The number of hydrogen-bond acceptors (Lipinski definition) is 4. The minimum Gasteiger partial charge on any atom is -0.258 e. The van der Waals surface area contributed by atoms with Gasteiger partial charge >= 0.3 is 0 Å². The average molecular weight is 214 g/mol. The second-order valence-electron chi connectivity index (χ2n) is 2.57. The van der Waals surface area contributed by atoms with E-state index in [0.29, 0.717) is 0 Å². The Bertz CT molecular complexity index is 435. The molecule has 0 aliphatic heterocycles. The predicted octanol–water partition coefficient (Wildman–Crippen LogP) is 1.20. The van der Waals surface area contributed by atoms with Gasteiger partial charge in [0.15, 0.2) is 9.84 Å². The van der Waals surface area contributed by atoms with Gasteiger partial charge in [-0.1, -0.05) is 0 Å². The summed E-state index contributed by atoms with van der Waals surface area (Å²) in [4.78, 5) is 9.75. The van der Waals surface area contributed by atoms with Crippen LogP contribution in [0.1, 0.15) is 0 Å². The normalized spacial score (nSPS) is 11.2. The maximum absolute atomic E-state index is 11.2. The van der Waals surface area contributed by atoms with Gasteiger partial charge in [-0.2, -0.15) is 0 Å². The molecule has 0 spiro atoms. The van der Waals surface area contributed by atoms with Crippen molar-refractivity contribution in [3.8, 4) is 0 Å². The number of hydrogen-bond donors (Lipinski definition) is 0. The highest BCUT2D eigenvalue weighted by molar-refractivity contribution is 7.91. The Labute approximate surface area is 81.4 Å². The van der Waals surface area contributed by atoms with Crippen LogP contribution in [0.25, 0.3) is 0 Å². The van der Waals surface area contributed by atoms with Gasteiger partial charge in [-0.05, 0) is 19.1 Å². The number of benzene rings is 1. The van der Waals surface area contributed by atoms with Crippen molar-refractivity contribution in [2.75, 3.05) is 5.75 Å². The monoisotopic (exact) mass is 214 g/mol. The van der Waals surface area contributed by atoms with E-state index in [0.717, 1.165) is 12.1 Å². The standard InChI is InChI=1S/C8H8NO4S/c1-2-14(12,13)8-5-3-7(4-6-8)9(10)11/h3-6H,1-2H2. The van der Waals surface area contributed by atoms with E-state index in [-0.39, 0.29) is 16.3 Å². The van der Waals surface area contributed by atoms with Gasteiger partial charge in [0.1, 0.15) is 0 Å². The molecule has 0 N–H and O–H groups in total. The summed E-state index contributed by atoms with van der Waals surface area (Å²) in [6, 6.07) is 4.72. The largest absolute Gasteiger partial charge is 0.269 e. The summed E-state index contributed by atoms with van der Waals surface area (Å²) in [5.41, 5.74) is -0.131. The molecule has 0 atom stereocenters. The molecular formula is C8H8NO4S. The van der Waals surface area contributed by atoms with Gasteiger partial charge in [0.05, 0.1) is 15.6 Å². The van der Waals surface area contributed by atoms with Crippen LogP contribution in [0.2, 0.25) is 0 Å². The average Bonchev–Trinajstić information content (AvgIpc) is 2.18. The summed E-state index contributed by atoms with van der Waals surface area (Å²) in [7, 11) is -3.37. The lowest BCUT2D eigenvalue weighted by atomic mass is 10.3. The number of sulfone groups is 1. The molecule has 0 saturated heterocycles. The van der Waals surface area contributed by atoms with E-state index in [9.17, 15) is 18.5 Å². The molecule has 0 aliphatic carbocycles. The van der Waals surface area contributed by atoms with Gasteiger partial charge in [-0.25, -0.2) is 8.42 Å². The van der Waals surface area contributed by atoms with E-state index in [1.54, 1.807) is 0 Å². The first-order valence-electron chi connectivity index (χ1n) is 3.74. The zero-order valence-corrected chi connectivity index (χ0v) is 8.03. The molecule has 0 bridgehead atoms. The van der Waals surface area contributed by atoms with Crippen molar-refractivity contribution in [1.29, 1.82) is 0 Å². The molecule has 14 heavy (non-hydrogen) atoms. The molecule has 0 aromatic heterocycles. The summed E-state index contributed by atoms with van der Waals surface area (Å²) in [5, 5.41) is 10.3. The highest BCUT2D eigenvalue weighted by Gasteiger charge is 2.13. The van der Waals surface area contributed by atoms with Crippen LogP contribution in [0, 0.1) is 17.0 Å². The van der Waals surface area contributed by atoms with Crippen LogP contribution in [-0.4, -0.2) is 19.1 Å². The Morgan fingerprint density at radius 3 is 2.14 bits per heavy atom. The Kier molecular flexibility index (Phi) is 2.85. The topological polar surface area (TPSA) is 77.3 Å². The van der Waals surface area contributed by atoms with E-state index in [4.69, 9.17) is 0 Å². The van der Waals surface area contributed by atoms with E-state index in [1.165, 1.54) is 12.1 Å². The maximum Gasteiger partial charge on any atom is 0.269 e. The van der Waals surface area contributed by atoms with Crippen molar-refractivity contribution in [3.63, 3.8) is 0 Å². The van der Waals surface area contributed by atoms with Crippen LogP contribution in [0.3, 0.4) is 0 Å². The van der Waals surface area contributed by atoms with Crippen molar-refractivity contribution in [2.24, 2.45) is 0 Å². The van der Waals surface area contributed by atoms with Crippen molar-refractivity contribution in [2.45, 2.75) is 4.90 Å². The maximum atomic E-state index is 11.2. The number of non-ortho nitro benzene ring substituents is 1. The predicted molar refractivity (Wildman–Crippen MR) is 50.5 cm³/mol. The fourth-order valence-electron chi connectivity index (χ4n) is 0.893. The van der Waals surface area contributed by atoms with Crippen molar-refractivity contribution in [3.05, 3.63) is 41.3 Å². The lowest BCUT2D eigenvalue weighted by Gasteiger charge is -1.99. The van der Waals surface area contributed by atoms with E-state index >= 15 is 0 Å². The van der Waals surface area contributed by atoms with Crippen LogP contribution in [0.15, 0.2) is 29.2 Å². The van der Waals surface area contributed by atoms with Gasteiger partial charge in [0.25, 0.3) is 5.69 Å². The molecule has 0 amide bonds. The Morgan fingerprint density at radius 2 is 1.79 bits per heavy atom. The minimum absolute atomic E-state index is 0.0538. The van der Waals surface area contributed by atoms with Gasteiger partial charge < -0.3 is 0 Å². The van der Waals surface area contributed by atoms with E-state index in [1.807, 2.05) is 0 Å². The molecule has 0 saturated carbocycles. The highest BCUT2D eigenvalue weighted by Crippen LogP contribution is 2.16. The molecule has 6 heteroatoms. The second-order valence-corrected chi connectivity index (χ2v) is 4.68. The van der Waals surface area contributed by atoms with Gasteiger partial charge in [0.2, 0.25) is 0 Å². The molecule has 0 aliphatic rings. The lowest BCUT2D eigenvalue weighted by Crippen LogP contribution is -2.03. The molecule has 75 valence electrons. The summed E-state index contributed by atoms with van der Waals surface area (Å²) in [5.74, 6) is -0.259. The molecule has 1 aromatic carbocycles. The quantitative estimate of drug-likeness (QED) is 0.559. The third-order valence-electron chi connectivity index (χ3n) is 1.68. The SMILES string of the molecule is [CH2]CS(=O)(=O)c1ccc([N+](=O)[O-])cc1. The first-order chi connectivity index (χ1) is 6.47. The number of rotatable bonds is 3. The van der Waals surface area contributed by atoms with Crippen LogP contribution in [0.5, 0.6) is 0 Å². The Morgan fingerprint density at radius 1 is 1.29 bits per heavy atom. The first-order valence-corrected chi connectivity index (χ1v) is 5.39. The Balaban J connectivity index is 3.12. The molecule has 1 aromatic rings. The summed E-state index contributed by atoms with van der Waals surface area (Å²) in [6.45, 7) is 3.27. The molecule has 0 unspecified atom stereocenters. The highest BCUT2D eigenvalue weighted by atomic mass is 32.2. The molecule has 5 nitrogen and oxygen atoms in total. The number of nitro groups is 1. The van der Waals surface area contributed by atoms with E-state index < -0.39 is 14.8 Å². The van der Waals surface area contributed by atoms with Crippen LogP contribution in [0.4, 0.5) is 5.69 Å². The van der Waals surface area contributed by atoms with Crippen LogP contribution in [-0.2, 0) is 9.84 Å². The zero-order valence-electron chi connectivity index (χ0n) is 7.21. The van der Waals surface area contributed by atoms with Crippen LogP contribution >= 0.6 is 0 Å². The van der Waals surface area contributed by atoms with Gasteiger partial charge in [-0.3, -0.25) is 10.1 Å². The molecule has 1 rings (SSSR count). The molecule has 1 radical (unpaired) electrons. The molecule has 0 fully saturated rings. The van der Waals surface area contributed by atoms with Crippen LogP contribution < -0.4 is 0 Å². The second kappa shape index (κ2) is 3.75. The fraction of sp³-hybridized carbons (Fsp3) is 0.125. The zero-order chi connectivity index (χ0) is 10.8. The summed E-state index contributed by atoms with van der Waals surface area (Å²) < 4.78 is 22.5. The lowest BCUT2D eigenvalue weighted by molar-refractivity contribution is -0.384. The van der Waals surface area contributed by atoms with Gasteiger partial charge in [-0.15, -0.1) is 0 Å². The van der Waals surface area contributed by atoms with Crippen molar-refractivity contribution < 1.29 is 13.3 Å². The first kappa shape index (κ1) is 10.6. The molecular weight excluding hydrogens is 206 g/mol. The third kappa shape index (κ3) is 2.08. The van der Waals surface area contributed by atoms with Gasteiger partial charge in [0, 0.05) is 12.1 Å². The third-order valence-corrected chi connectivity index (χ3v) is 3.20. The Hall–Kier alpha value is -1.43. The van der Waals surface area contributed by atoms with Crippen molar-refractivity contribution in [1.82, 2.24) is 0 Å². The minimum atomic E-state index is -3.37. The summed E-state index contributed by atoms with van der Waals surface area (Å²) >= 11 is 0.